The lowest BCUT2D eigenvalue weighted by atomic mass is 10.2. The molecule has 2 aromatic carbocycles. The smallest absolute Gasteiger partial charge is 0.381 e. The van der Waals surface area contributed by atoms with Crippen molar-refractivity contribution in [3.63, 3.8) is 0 Å². The lowest BCUT2D eigenvalue weighted by molar-refractivity contribution is -0.137. The van der Waals surface area contributed by atoms with E-state index in [1.807, 2.05) is 6.92 Å². The fourth-order valence-corrected chi connectivity index (χ4v) is 3.07. The summed E-state index contributed by atoms with van der Waals surface area (Å²) in [5, 5.41) is 2.61. The number of halogens is 5. The van der Waals surface area contributed by atoms with Gasteiger partial charge in [-0.15, -0.1) is 0 Å². The number of nitrogens with zero attached hydrogens (tertiary/aromatic N) is 4. The standard InChI is InChI=1S/C20H15F5N6/c1-2-15-28-13-8-5-11(21)9-14(13)31(15)19-29-17(26)16(22)18(30-19)27-12-6-3-10(4-7-12)20(23,24)25/h3-9H,2H2,1H3,(H3,26,27,29,30). The Morgan fingerprint density at radius 2 is 1.71 bits per heavy atom. The Morgan fingerprint density at radius 3 is 2.35 bits per heavy atom. The van der Waals surface area contributed by atoms with Gasteiger partial charge in [-0.3, -0.25) is 4.57 Å². The monoisotopic (exact) mass is 434 g/mol. The minimum absolute atomic E-state index is 0.0572. The second kappa shape index (κ2) is 7.49. The molecule has 2 heterocycles. The fourth-order valence-electron chi connectivity index (χ4n) is 3.07. The van der Waals surface area contributed by atoms with Gasteiger partial charge in [0.1, 0.15) is 11.6 Å². The lowest BCUT2D eigenvalue weighted by Crippen LogP contribution is -2.11. The molecular weight excluding hydrogens is 419 g/mol. The van der Waals surface area contributed by atoms with E-state index in [1.165, 1.54) is 22.8 Å². The number of rotatable bonds is 4. The van der Waals surface area contributed by atoms with Crippen LogP contribution in [0.2, 0.25) is 0 Å². The van der Waals surface area contributed by atoms with Crippen molar-refractivity contribution in [2.75, 3.05) is 11.1 Å². The van der Waals surface area contributed by atoms with E-state index in [1.54, 1.807) is 0 Å². The molecule has 0 atom stereocenters. The Labute approximate surface area is 172 Å². The molecular formula is C20H15F5N6. The third-order valence-corrected chi connectivity index (χ3v) is 4.54. The second-order valence-electron chi connectivity index (χ2n) is 6.62. The van der Waals surface area contributed by atoms with E-state index < -0.39 is 29.2 Å². The van der Waals surface area contributed by atoms with Crippen LogP contribution in [0.3, 0.4) is 0 Å². The van der Waals surface area contributed by atoms with E-state index in [0.29, 0.717) is 23.3 Å². The molecule has 0 unspecified atom stereocenters. The third kappa shape index (κ3) is 3.86. The van der Waals surface area contributed by atoms with Gasteiger partial charge in [0.25, 0.3) is 0 Å². The highest BCUT2D eigenvalue weighted by molar-refractivity contribution is 5.78. The number of anilines is 3. The lowest BCUT2D eigenvalue weighted by Gasteiger charge is -2.13. The van der Waals surface area contributed by atoms with Gasteiger partial charge in [0, 0.05) is 18.2 Å². The number of nitrogens with one attached hydrogen (secondary N) is 1. The Morgan fingerprint density at radius 1 is 1.00 bits per heavy atom. The molecule has 11 heteroatoms. The van der Waals surface area contributed by atoms with Gasteiger partial charge in [-0.25, -0.2) is 9.37 Å². The number of alkyl halides is 3. The molecule has 4 rings (SSSR count). The van der Waals surface area contributed by atoms with E-state index in [4.69, 9.17) is 5.73 Å². The topological polar surface area (TPSA) is 81.7 Å². The first-order valence-electron chi connectivity index (χ1n) is 9.12. The maximum atomic E-state index is 14.6. The van der Waals surface area contributed by atoms with Crippen LogP contribution in [0.1, 0.15) is 18.3 Å². The van der Waals surface area contributed by atoms with Gasteiger partial charge in [0.15, 0.2) is 11.6 Å². The van der Waals surface area contributed by atoms with E-state index >= 15 is 0 Å². The van der Waals surface area contributed by atoms with Gasteiger partial charge in [0.2, 0.25) is 11.8 Å². The van der Waals surface area contributed by atoms with Crippen molar-refractivity contribution < 1.29 is 22.0 Å². The Balaban J connectivity index is 1.79. The number of imidazole rings is 1. The van der Waals surface area contributed by atoms with Crippen molar-refractivity contribution in [2.24, 2.45) is 0 Å². The molecule has 0 radical (unpaired) electrons. The van der Waals surface area contributed by atoms with Crippen LogP contribution < -0.4 is 11.1 Å². The predicted octanol–water partition coefficient (Wildman–Crippen LogP) is 5.00. The van der Waals surface area contributed by atoms with Crippen molar-refractivity contribution in [2.45, 2.75) is 19.5 Å². The van der Waals surface area contributed by atoms with Crippen LogP contribution in [0, 0.1) is 11.6 Å². The number of aromatic nitrogens is 4. The van der Waals surface area contributed by atoms with Crippen molar-refractivity contribution in [1.82, 2.24) is 19.5 Å². The SMILES string of the molecule is CCc1nc2ccc(F)cc2n1-c1nc(N)c(F)c(Nc2ccc(C(F)(F)F)cc2)n1. The van der Waals surface area contributed by atoms with Gasteiger partial charge < -0.3 is 11.1 Å². The second-order valence-corrected chi connectivity index (χ2v) is 6.62. The highest BCUT2D eigenvalue weighted by Crippen LogP contribution is 2.31. The zero-order valence-corrected chi connectivity index (χ0v) is 16.0. The molecule has 0 aliphatic heterocycles. The number of hydrogen-bond donors (Lipinski definition) is 2. The van der Waals surface area contributed by atoms with Crippen LogP contribution in [0.4, 0.5) is 39.3 Å². The molecule has 0 spiro atoms. The number of nitrogen functional groups attached to an aromatic ring is 1. The van der Waals surface area contributed by atoms with Crippen LogP contribution in [0.25, 0.3) is 17.0 Å². The van der Waals surface area contributed by atoms with Crippen LogP contribution >= 0.6 is 0 Å². The van der Waals surface area contributed by atoms with Gasteiger partial charge in [-0.05, 0) is 36.4 Å². The van der Waals surface area contributed by atoms with Gasteiger partial charge in [-0.2, -0.15) is 27.5 Å². The summed E-state index contributed by atoms with van der Waals surface area (Å²) in [6.07, 6.45) is -4.05. The molecule has 0 saturated carbocycles. The van der Waals surface area contributed by atoms with Crippen LogP contribution in [0.5, 0.6) is 0 Å². The summed E-state index contributed by atoms with van der Waals surface area (Å²) in [6.45, 7) is 1.82. The molecule has 0 aliphatic rings. The molecule has 0 aliphatic carbocycles. The van der Waals surface area contributed by atoms with E-state index in [9.17, 15) is 22.0 Å². The van der Waals surface area contributed by atoms with Crippen molar-refractivity contribution in [1.29, 1.82) is 0 Å². The maximum absolute atomic E-state index is 14.6. The zero-order chi connectivity index (χ0) is 22.3. The molecule has 2 aromatic heterocycles. The fraction of sp³-hybridized carbons (Fsp3) is 0.150. The van der Waals surface area contributed by atoms with Crippen LogP contribution in [-0.4, -0.2) is 19.5 Å². The van der Waals surface area contributed by atoms with E-state index in [0.717, 1.165) is 24.3 Å². The molecule has 0 fully saturated rings. The number of fused-ring (bicyclic) bond motifs is 1. The summed E-state index contributed by atoms with van der Waals surface area (Å²) >= 11 is 0. The molecule has 0 bridgehead atoms. The Bertz CT molecular complexity index is 1260. The molecule has 6 nitrogen and oxygen atoms in total. The summed E-state index contributed by atoms with van der Waals surface area (Å²) in [4.78, 5) is 12.5. The first kappa shape index (κ1) is 20.5. The van der Waals surface area contributed by atoms with Crippen molar-refractivity contribution >= 4 is 28.4 Å². The summed E-state index contributed by atoms with van der Waals surface area (Å²) in [5.74, 6) is -1.88. The summed E-state index contributed by atoms with van der Waals surface area (Å²) < 4.78 is 68.1. The van der Waals surface area contributed by atoms with Crippen LogP contribution in [0.15, 0.2) is 42.5 Å². The molecule has 4 aromatic rings. The number of benzene rings is 2. The molecule has 0 saturated heterocycles. The Hall–Kier alpha value is -3.76. The Kier molecular flexibility index (Phi) is 4.96. The molecule has 160 valence electrons. The van der Waals surface area contributed by atoms with Crippen LogP contribution in [-0.2, 0) is 12.6 Å². The first-order chi connectivity index (χ1) is 14.7. The highest BCUT2D eigenvalue weighted by atomic mass is 19.4. The normalized spacial score (nSPS) is 11.8. The molecule has 3 N–H and O–H groups in total. The largest absolute Gasteiger partial charge is 0.416 e. The number of hydrogen-bond acceptors (Lipinski definition) is 5. The van der Waals surface area contributed by atoms with E-state index in [-0.39, 0.29) is 17.5 Å². The average Bonchev–Trinajstić information content (AvgIpc) is 3.08. The zero-order valence-electron chi connectivity index (χ0n) is 16.0. The minimum atomic E-state index is -4.50. The van der Waals surface area contributed by atoms with E-state index in [2.05, 4.69) is 20.3 Å². The first-order valence-corrected chi connectivity index (χ1v) is 9.12. The van der Waals surface area contributed by atoms with Gasteiger partial charge in [-0.1, -0.05) is 6.92 Å². The summed E-state index contributed by atoms with van der Waals surface area (Å²) in [7, 11) is 0. The molecule has 0 amide bonds. The quantitative estimate of drug-likeness (QED) is 0.442. The van der Waals surface area contributed by atoms with Gasteiger partial charge in [0.05, 0.1) is 16.6 Å². The maximum Gasteiger partial charge on any atom is 0.416 e. The molecule has 31 heavy (non-hydrogen) atoms. The van der Waals surface area contributed by atoms with Crippen molar-refractivity contribution in [3.05, 3.63) is 65.5 Å². The number of nitrogens with two attached hydrogens (primary N) is 1. The van der Waals surface area contributed by atoms with Crippen molar-refractivity contribution in [3.8, 4) is 5.95 Å². The highest BCUT2D eigenvalue weighted by Gasteiger charge is 2.30. The average molecular weight is 434 g/mol. The summed E-state index contributed by atoms with van der Waals surface area (Å²) in [6, 6.07) is 7.98. The van der Waals surface area contributed by atoms with Gasteiger partial charge >= 0.3 is 6.18 Å². The number of aryl methyl sites for hydroxylation is 1. The third-order valence-electron chi connectivity index (χ3n) is 4.54. The predicted molar refractivity (Wildman–Crippen MR) is 105 cm³/mol. The minimum Gasteiger partial charge on any atom is -0.381 e. The summed E-state index contributed by atoms with van der Waals surface area (Å²) in [5.41, 5.74) is 5.87.